The first kappa shape index (κ1) is 17.2. The topological polar surface area (TPSA) is 61.4 Å². The molecule has 0 amide bonds. The molecule has 0 heterocycles. The van der Waals surface area contributed by atoms with Crippen molar-refractivity contribution in [1.29, 1.82) is 0 Å². The summed E-state index contributed by atoms with van der Waals surface area (Å²) < 4.78 is 32.8. The van der Waals surface area contributed by atoms with Crippen molar-refractivity contribution in [2.75, 3.05) is 7.11 Å². The van der Waals surface area contributed by atoms with E-state index in [2.05, 4.69) is 9.46 Å². The second-order valence-electron chi connectivity index (χ2n) is 4.44. The number of rotatable bonds is 6. The van der Waals surface area contributed by atoms with Gasteiger partial charge < -0.3 is 9.29 Å². The predicted molar refractivity (Wildman–Crippen MR) is 77.2 cm³/mol. The summed E-state index contributed by atoms with van der Waals surface area (Å²) in [4.78, 5) is 11.4. The Morgan fingerprint density at radius 3 is 2.75 bits per heavy atom. The van der Waals surface area contributed by atoms with Crippen LogP contribution in [0.5, 0.6) is 0 Å². The number of methoxy groups -OCH3 is 1. The number of nitrogens with one attached hydrogen (secondary N) is 1. The maximum atomic E-state index is 13.5. The molecular formula is C13H17ClFNO3S. The van der Waals surface area contributed by atoms with Crippen molar-refractivity contribution in [3.05, 3.63) is 34.6 Å². The highest BCUT2D eigenvalue weighted by Gasteiger charge is 2.26. The van der Waals surface area contributed by atoms with Crippen LogP contribution in [-0.4, -0.2) is 22.9 Å². The van der Waals surface area contributed by atoms with E-state index in [-0.39, 0.29) is 16.7 Å². The molecule has 0 aliphatic rings. The van der Waals surface area contributed by atoms with Crippen molar-refractivity contribution < 1.29 is 18.5 Å². The Morgan fingerprint density at radius 1 is 1.55 bits per heavy atom. The molecule has 1 aromatic carbocycles. The third-order valence-electron chi connectivity index (χ3n) is 2.64. The van der Waals surface area contributed by atoms with Crippen molar-refractivity contribution in [2.45, 2.75) is 31.6 Å². The van der Waals surface area contributed by atoms with E-state index in [0.717, 1.165) is 0 Å². The van der Waals surface area contributed by atoms with Gasteiger partial charge in [-0.3, -0.25) is 4.79 Å². The van der Waals surface area contributed by atoms with Gasteiger partial charge in [-0.1, -0.05) is 23.7 Å². The van der Waals surface area contributed by atoms with Crippen molar-refractivity contribution in [3.8, 4) is 0 Å². The maximum Gasteiger partial charge on any atom is 0.307 e. The Bertz CT molecular complexity index is 473. The molecule has 1 aromatic rings. The molecule has 0 radical (unpaired) electrons. The molecule has 0 bridgehead atoms. The van der Waals surface area contributed by atoms with E-state index < -0.39 is 29.2 Å². The molecule has 0 unspecified atom stereocenters. The highest BCUT2D eigenvalue weighted by atomic mass is 35.5. The smallest absolute Gasteiger partial charge is 0.307 e. The third-order valence-corrected chi connectivity index (χ3v) is 4.41. The molecule has 112 valence electrons. The largest absolute Gasteiger partial charge is 0.598 e. The van der Waals surface area contributed by atoms with Crippen molar-refractivity contribution >= 4 is 28.9 Å². The number of hydrogen-bond donors (Lipinski definition) is 1. The van der Waals surface area contributed by atoms with Gasteiger partial charge >= 0.3 is 5.97 Å². The summed E-state index contributed by atoms with van der Waals surface area (Å²) in [6.45, 7) is 3.54. The van der Waals surface area contributed by atoms with E-state index in [1.807, 2.05) is 0 Å². The second-order valence-corrected chi connectivity index (χ2v) is 6.59. The van der Waals surface area contributed by atoms with Gasteiger partial charge in [0.25, 0.3) is 0 Å². The summed E-state index contributed by atoms with van der Waals surface area (Å²) in [7, 11) is 1.26. The number of carbonyl (C=O) groups is 1. The molecule has 0 fully saturated rings. The van der Waals surface area contributed by atoms with Crippen LogP contribution in [0.25, 0.3) is 0 Å². The summed E-state index contributed by atoms with van der Waals surface area (Å²) >= 11 is 4.54. The van der Waals surface area contributed by atoms with Gasteiger partial charge in [0.1, 0.15) is 11.1 Å². The van der Waals surface area contributed by atoms with E-state index in [4.69, 9.17) is 11.6 Å². The minimum atomic E-state index is -1.37. The fraction of sp³-hybridized carbons (Fsp3) is 0.462. The molecular weight excluding hydrogens is 305 g/mol. The summed E-state index contributed by atoms with van der Waals surface area (Å²) in [6, 6.07) is 3.62. The average molecular weight is 322 g/mol. The van der Waals surface area contributed by atoms with Crippen LogP contribution in [0.3, 0.4) is 0 Å². The van der Waals surface area contributed by atoms with Gasteiger partial charge in [-0.25, -0.2) is 4.39 Å². The fourth-order valence-corrected chi connectivity index (χ4v) is 2.55. The minimum Gasteiger partial charge on any atom is -0.598 e. The van der Waals surface area contributed by atoms with Crippen LogP contribution < -0.4 is 4.72 Å². The Balaban J connectivity index is 3.03. The fourth-order valence-electron chi connectivity index (χ4n) is 1.53. The SMILES string of the molecule is COC(=O)C[C@H](N[S@+]([O-])C(C)C)c1cccc(F)c1Cl. The number of benzene rings is 1. The van der Waals surface area contributed by atoms with Crippen molar-refractivity contribution in [3.63, 3.8) is 0 Å². The average Bonchev–Trinajstić information content (AvgIpc) is 2.40. The lowest BCUT2D eigenvalue weighted by atomic mass is 10.0. The number of carbonyl (C=O) groups excluding carboxylic acids is 1. The lowest BCUT2D eigenvalue weighted by molar-refractivity contribution is -0.141. The van der Waals surface area contributed by atoms with Crippen LogP contribution in [0, 0.1) is 5.82 Å². The standard InChI is InChI=1S/C13H17ClFNO3S/c1-8(2)20(18)16-11(7-12(17)19-3)9-5-4-6-10(15)13(9)14/h4-6,8,11,16H,7H2,1-3H3/t11-,20+/m0/s1. The van der Waals surface area contributed by atoms with Gasteiger partial charge in [-0.2, -0.15) is 0 Å². The van der Waals surface area contributed by atoms with E-state index in [9.17, 15) is 13.7 Å². The second kappa shape index (κ2) is 7.83. The van der Waals surface area contributed by atoms with Gasteiger partial charge in [-0.05, 0) is 25.5 Å². The van der Waals surface area contributed by atoms with Crippen LogP contribution in [0.2, 0.25) is 5.02 Å². The first-order chi connectivity index (χ1) is 9.36. The van der Waals surface area contributed by atoms with Crippen LogP contribution in [0.15, 0.2) is 18.2 Å². The molecule has 7 heteroatoms. The molecule has 2 atom stereocenters. The van der Waals surface area contributed by atoms with Gasteiger partial charge in [-0.15, -0.1) is 4.72 Å². The number of hydrogen-bond acceptors (Lipinski definition) is 4. The van der Waals surface area contributed by atoms with Crippen LogP contribution in [0.1, 0.15) is 31.9 Å². The quantitative estimate of drug-likeness (QED) is 0.646. The summed E-state index contributed by atoms with van der Waals surface area (Å²) in [5.41, 5.74) is 0.381. The monoisotopic (exact) mass is 321 g/mol. The minimum absolute atomic E-state index is 0.0852. The molecule has 0 saturated carbocycles. The van der Waals surface area contributed by atoms with E-state index in [0.29, 0.717) is 5.56 Å². The lowest BCUT2D eigenvalue weighted by Crippen LogP contribution is -2.35. The zero-order chi connectivity index (χ0) is 15.3. The molecule has 20 heavy (non-hydrogen) atoms. The molecule has 1 N–H and O–H groups in total. The molecule has 1 rings (SSSR count). The van der Waals surface area contributed by atoms with Crippen LogP contribution in [0.4, 0.5) is 4.39 Å². The Hall–Kier alpha value is -0.820. The first-order valence-corrected chi connectivity index (χ1v) is 7.63. The van der Waals surface area contributed by atoms with Gasteiger partial charge in [0, 0.05) is 11.4 Å². The van der Waals surface area contributed by atoms with E-state index in [1.54, 1.807) is 19.9 Å². The number of halogens is 2. The highest BCUT2D eigenvalue weighted by Crippen LogP contribution is 2.28. The normalized spacial score (nSPS) is 14.2. The van der Waals surface area contributed by atoms with Crippen molar-refractivity contribution in [1.82, 2.24) is 4.72 Å². The van der Waals surface area contributed by atoms with Crippen LogP contribution >= 0.6 is 11.6 Å². The highest BCUT2D eigenvalue weighted by molar-refractivity contribution is 7.90. The molecule has 0 spiro atoms. The molecule has 0 aliphatic heterocycles. The summed E-state index contributed by atoms with van der Waals surface area (Å²) in [6.07, 6.45) is -0.0852. The van der Waals surface area contributed by atoms with Crippen molar-refractivity contribution in [2.24, 2.45) is 0 Å². The van der Waals surface area contributed by atoms with Gasteiger partial charge in [0.15, 0.2) is 0 Å². The van der Waals surface area contributed by atoms with E-state index in [1.165, 1.54) is 19.2 Å². The lowest BCUT2D eigenvalue weighted by Gasteiger charge is -2.22. The Labute approximate surface area is 126 Å². The summed E-state index contributed by atoms with van der Waals surface area (Å²) in [5.74, 6) is -1.08. The zero-order valence-electron chi connectivity index (χ0n) is 11.5. The van der Waals surface area contributed by atoms with Gasteiger partial charge in [0.05, 0.1) is 24.6 Å². The molecule has 0 aromatic heterocycles. The summed E-state index contributed by atoms with van der Waals surface area (Å²) in [5, 5.41) is -0.239. The van der Waals surface area contributed by atoms with Crippen LogP contribution in [-0.2, 0) is 20.9 Å². The van der Waals surface area contributed by atoms with Gasteiger partial charge in [0.2, 0.25) is 0 Å². The zero-order valence-corrected chi connectivity index (χ0v) is 13.1. The first-order valence-electron chi connectivity index (χ1n) is 6.04. The molecule has 0 aliphatic carbocycles. The number of ether oxygens (including phenoxy) is 1. The third kappa shape index (κ3) is 4.63. The number of esters is 1. The Kier molecular flexibility index (Phi) is 6.75. The predicted octanol–water partition coefficient (Wildman–Crippen LogP) is 2.75. The Morgan fingerprint density at radius 2 is 2.20 bits per heavy atom. The van der Waals surface area contributed by atoms with E-state index >= 15 is 0 Å². The maximum absolute atomic E-state index is 13.5. The molecule has 0 saturated heterocycles. The molecule has 4 nitrogen and oxygen atoms in total.